The van der Waals surface area contributed by atoms with Gasteiger partial charge in [0.05, 0.1) is 6.61 Å². The summed E-state index contributed by atoms with van der Waals surface area (Å²) in [5, 5.41) is 7.28. The molecule has 2 rings (SSSR count). The Morgan fingerprint density at radius 3 is 2.75 bits per heavy atom. The molecule has 0 aliphatic rings. The van der Waals surface area contributed by atoms with Crippen molar-refractivity contribution in [3.8, 4) is 0 Å². The van der Waals surface area contributed by atoms with E-state index in [1.54, 1.807) is 23.5 Å². The largest absolute Gasteiger partial charge is 0.377 e. The molecule has 6 heteroatoms. The van der Waals surface area contributed by atoms with E-state index in [1.807, 2.05) is 43.5 Å². The number of nitrogens with one attached hydrogen (secondary N) is 2. The number of thiophene rings is 1. The lowest BCUT2D eigenvalue weighted by atomic mass is 10.1. The van der Waals surface area contributed by atoms with Crippen molar-refractivity contribution in [2.45, 2.75) is 26.4 Å². The predicted octanol–water partition coefficient (Wildman–Crippen LogP) is 3.14. The van der Waals surface area contributed by atoms with Gasteiger partial charge < -0.3 is 15.4 Å². The molecule has 5 nitrogen and oxygen atoms in total. The summed E-state index contributed by atoms with van der Waals surface area (Å²) in [6.07, 6.45) is 0. The van der Waals surface area contributed by atoms with Crippen LogP contribution in [-0.2, 0) is 20.9 Å². The van der Waals surface area contributed by atoms with Crippen LogP contribution >= 0.6 is 11.3 Å². The van der Waals surface area contributed by atoms with Crippen LogP contribution < -0.4 is 10.6 Å². The van der Waals surface area contributed by atoms with Crippen LogP contribution in [0.25, 0.3) is 0 Å². The van der Waals surface area contributed by atoms with Crippen LogP contribution in [0.15, 0.2) is 41.8 Å². The van der Waals surface area contributed by atoms with Gasteiger partial charge in [0.15, 0.2) is 0 Å². The fourth-order valence-electron chi connectivity index (χ4n) is 2.14. The lowest BCUT2D eigenvalue weighted by Gasteiger charge is -2.11. The molecule has 0 saturated heterocycles. The molecular weight excluding hydrogens is 324 g/mol. The Morgan fingerprint density at radius 2 is 2.04 bits per heavy atom. The van der Waals surface area contributed by atoms with E-state index < -0.39 is 11.8 Å². The van der Waals surface area contributed by atoms with Crippen LogP contribution in [0.2, 0.25) is 0 Å². The third kappa shape index (κ3) is 5.47. The Bertz CT molecular complexity index is 671. The zero-order chi connectivity index (χ0) is 17.4. The molecule has 1 aromatic heterocycles. The van der Waals surface area contributed by atoms with Gasteiger partial charge >= 0.3 is 11.8 Å². The van der Waals surface area contributed by atoms with Crippen LogP contribution in [0.3, 0.4) is 0 Å². The number of rotatable bonds is 7. The Balaban J connectivity index is 1.84. The first kappa shape index (κ1) is 18.2. The first-order chi connectivity index (χ1) is 11.6. The predicted molar refractivity (Wildman–Crippen MR) is 96.1 cm³/mol. The van der Waals surface area contributed by atoms with E-state index in [0.717, 1.165) is 5.56 Å². The molecule has 0 saturated carbocycles. The van der Waals surface area contributed by atoms with Gasteiger partial charge in [0.25, 0.3) is 0 Å². The summed E-state index contributed by atoms with van der Waals surface area (Å²) >= 11 is 1.64. The Labute approximate surface area is 146 Å². The molecule has 24 heavy (non-hydrogen) atoms. The second kappa shape index (κ2) is 9.20. The Morgan fingerprint density at radius 1 is 1.21 bits per heavy atom. The van der Waals surface area contributed by atoms with Crippen molar-refractivity contribution in [1.29, 1.82) is 0 Å². The van der Waals surface area contributed by atoms with E-state index in [1.165, 1.54) is 4.88 Å². The minimum atomic E-state index is -0.665. The molecule has 1 heterocycles. The zero-order valence-electron chi connectivity index (χ0n) is 13.9. The van der Waals surface area contributed by atoms with E-state index in [4.69, 9.17) is 4.74 Å². The van der Waals surface area contributed by atoms with Crippen molar-refractivity contribution >= 4 is 28.8 Å². The number of carbonyl (C=O) groups excluding carboxylic acids is 2. The van der Waals surface area contributed by atoms with Gasteiger partial charge in [0.2, 0.25) is 0 Å². The molecule has 1 atom stereocenters. The maximum Gasteiger partial charge on any atom is 0.313 e. The second-order valence-corrected chi connectivity index (χ2v) is 6.40. The molecule has 0 fully saturated rings. The molecule has 0 unspecified atom stereocenters. The second-order valence-electron chi connectivity index (χ2n) is 5.42. The van der Waals surface area contributed by atoms with Crippen molar-refractivity contribution in [3.05, 3.63) is 52.2 Å². The maximum atomic E-state index is 12.0. The maximum absolute atomic E-state index is 12.0. The van der Waals surface area contributed by atoms with Gasteiger partial charge in [-0.3, -0.25) is 9.59 Å². The lowest BCUT2D eigenvalue weighted by molar-refractivity contribution is -0.136. The van der Waals surface area contributed by atoms with Crippen LogP contribution in [-0.4, -0.2) is 25.0 Å². The van der Waals surface area contributed by atoms with E-state index in [-0.39, 0.29) is 5.92 Å². The van der Waals surface area contributed by atoms with Crippen molar-refractivity contribution < 1.29 is 14.3 Å². The lowest BCUT2D eigenvalue weighted by Crippen LogP contribution is -2.37. The normalized spacial score (nSPS) is 11.8. The number of ether oxygens (including phenoxy) is 1. The summed E-state index contributed by atoms with van der Waals surface area (Å²) in [6.45, 7) is 5.47. The SMILES string of the molecule is CCOCc1cccc(NC(=O)C(=O)NC[C@H](C)c2cccs2)c1. The van der Waals surface area contributed by atoms with Gasteiger partial charge in [-0.1, -0.05) is 25.1 Å². The van der Waals surface area contributed by atoms with Crippen LogP contribution in [0.4, 0.5) is 5.69 Å². The quantitative estimate of drug-likeness (QED) is 0.757. The standard InChI is InChI=1S/C18H22N2O3S/c1-3-23-12-14-6-4-7-15(10-14)20-18(22)17(21)19-11-13(2)16-8-5-9-24-16/h4-10,13H,3,11-12H2,1-2H3,(H,19,21)(H,20,22)/t13-/m0/s1. The van der Waals surface area contributed by atoms with E-state index >= 15 is 0 Å². The van der Waals surface area contributed by atoms with E-state index in [9.17, 15) is 9.59 Å². The van der Waals surface area contributed by atoms with E-state index in [2.05, 4.69) is 10.6 Å². The fourth-order valence-corrected chi connectivity index (χ4v) is 2.93. The molecule has 0 spiro atoms. The topological polar surface area (TPSA) is 67.4 Å². The summed E-state index contributed by atoms with van der Waals surface area (Å²) in [5.74, 6) is -1.12. The number of hydrogen-bond acceptors (Lipinski definition) is 4. The fraction of sp³-hybridized carbons (Fsp3) is 0.333. The smallest absolute Gasteiger partial charge is 0.313 e. The van der Waals surface area contributed by atoms with E-state index in [0.29, 0.717) is 25.4 Å². The Hall–Kier alpha value is -2.18. The minimum absolute atomic E-state index is 0.177. The molecule has 0 aliphatic carbocycles. The average molecular weight is 346 g/mol. The van der Waals surface area contributed by atoms with Gasteiger partial charge in [-0.15, -0.1) is 11.3 Å². The number of carbonyl (C=O) groups is 2. The van der Waals surface area contributed by atoms with Gasteiger partial charge in [-0.25, -0.2) is 0 Å². The molecule has 0 radical (unpaired) electrons. The summed E-state index contributed by atoms with van der Waals surface area (Å²) < 4.78 is 5.34. The van der Waals surface area contributed by atoms with Gasteiger partial charge in [-0.2, -0.15) is 0 Å². The summed E-state index contributed by atoms with van der Waals surface area (Å²) in [7, 11) is 0. The third-order valence-electron chi connectivity index (χ3n) is 3.46. The van der Waals surface area contributed by atoms with Crippen molar-refractivity contribution in [1.82, 2.24) is 5.32 Å². The highest BCUT2D eigenvalue weighted by molar-refractivity contribution is 7.10. The molecular formula is C18H22N2O3S. The van der Waals surface area contributed by atoms with Gasteiger partial charge in [-0.05, 0) is 36.1 Å². The molecule has 1 aromatic carbocycles. The van der Waals surface area contributed by atoms with Crippen LogP contribution in [0, 0.1) is 0 Å². The van der Waals surface area contributed by atoms with Gasteiger partial charge in [0.1, 0.15) is 0 Å². The average Bonchev–Trinajstić information content (AvgIpc) is 3.12. The third-order valence-corrected chi connectivity index (χ3v) is 4.57. The highest BCUT2D eigenvalue weighted by atomic mass is 32.1. The summed E-state index contributed by atoms with van der Waals surface area (Å²) in [6, 6.07) is 11.3. The van der Waals surface area contributed by atoms with Crippen molar-refractivity contribution in [3.63, 3.8) is 0 Å². The summed E-state index contributed by atoms with van der Waals surface area (Å²) in [5.41, 5.74) is 1.53. The van der Waals surface area contributed by atoms with Crippen molar-refractivity contribution in [2.75, 3.05) is 18.5 Å². The number of hydrogen-bond donors (Lipinski definition) is 2. The molecule has 2 amide bonds. The van der Waals surface area contributed by atoms with Gasteiger partial charge in [0, 0.05) is 29.6 Å². The molecule has 2 aromatic rings. The first-order valence-electron chi connectivity index (χ1n) is 7.89. The Kier molecular flexibility index (Phi) is 6.96. The summed E-state index contributed by atoms with van der Waals surface area (Å²) in [4.78, 5) is 25.1. The molecule has 0 bridgehead atoms. The zero-order valence-corrected chi connectivity index (χ0v) is 14.7. The molecule has 2 N–H and O–H groups in total. The molecule has 128 valence electrons. The molecule has 0 aliphatic heterocycles. The number of benzene rings is 1. The van der Waals surface area contributed by atoms with Crippen LogP contribution in [0.5, 0.6) is 0 Å². The first-order valence-corrected chi connectivity index (χ1v) is 8.77. The highest BCUT2D eigenvalue weighted by Crippen LogP contribution is 2.19. The number of amides is 2. The minimum Gasteiger partial charge on any atom is -0.377 e. The van der Waals surface area contributed by atoms with Crippen molar-refractivity contribution in [2.24, 2.45) is 0 Å². The monoisotopic (exact) mass is 346 g/mol. The van der Waals surface area contributed by atoms with Crippen LogP contribution in [0.1, 0.15) is 30.2 Å². The number of anilines is 1. The highest BCUT2D eigenvalue weighted by Gasteiger charge is 2.15.